The number of carbonyl (C=O) groups is 1. The normalized spacial score (nSPS) is 31.7. The molecule has 0 aromatic carbocycles. The summed E-state index contributed by atoms with van der Waals surface area (Å²) in [6, 6.07) is 0. The van der Waals surface area contributed by atoms with Crippen LogP contribution < -0.4 is 0 Å². The lowest BCUT2D eigenvalue weighted by Crippen LogP contribution is -2.43. The smallest absolute Gasteiger partial charge is 0.333 e. The van der Waals surface area contributed by atoms with E-state index in [2.05, 4.69) is 6.58 Å². The molecule has 2 heterocycles. The number of ether oxygens (including phenoxy) is 3. The summed E-state index contributed by atoms with van der Waals surface area (Å²) in [5, 5.41) is 0. The topological polar surface area (TPSA) is 44.8 Å². The number of esters is 1. The van der Waals surface area contributed by atoms with E-state index in [4.69, 9.17) is 14.2 Å². The van der Waals surface area contributed by atoms with Gasteiger partial charge in [-0.05, 0) is 13.8 Å². The van der Waals surface area contributed by atoms with Crippen LogP contribution in [0.15, 0.2) is 12.2 Å². The van der Waals surface area contributed by atoms with Gasteiger partial charge in [0.2, 0.25) is 0 Å². The van der Waals surface area contributed by atoms with E-state index in [-0.39, 0.29) is 18.0 Å². The van der Waals surface area contributed by atoms with Gasteiger partial charge in [-0.15, -0.1) is 0 Å². The Morgan fingerprint density at radius 2 is 1.93 bits per heavy atom. The van der Waals surface area contributed by atoms with Crippen molar-refractivity contribution in [1.29, 1.82) is 0 Å². The van der Waals surface area contributed by atoms with E-state index in [1.54, 1.807) is 0 Å². The van der Waals surface area contributed by atoms with Gasteiger partial charge in [0.05, 0.1) is 13.2 Å². The Kier molecular flexibility index (Phi) is 2.56. The maximum Gasteiger partial charge on any atom is 0.333 e. The molecule has 84 valence electrons. The van der Waals surface area contributed by atoms with E-state index in [9.17, 15) is 4.79 Å². The molecule has 2 fully saturated rings. The van der Waals surface area contributed by atoms with Crippen LogP contribution >= 0.6 is 0 Å². The Labute approximate surface area is 89.2 Å². The van der Waals surface area contributed by atoms with Crippen molar-refractivity contribution in [1.82, 2.24) is 0 Å². The van der Waals surface area contributed by atoms with Gasteiger partial charge >= 0.3 is 5.97 Å². The second-order valence-electron chi connectivity index (χ2n) is 4.53. The first-order valence-corrected chi connectivity index (χ1v) is 5.14. The highest BCUT2D eigenvalue weighted by Gasteiger charge is 2.38. The van der Waals surface area contributed by atoms with Gasteiger partial charge in [-0.2, -0.15) is 0 Å². The van der Waals surface area contributed by atoms with Crippen LogP contribution in [-0.2, 0) is 19.0 Å². The summed E-state index contributed by atoms with van der Waals surface area (Å²) < 4.78 is 16.2. The number of carbonyl (C=O) groups excluding carboxylic acids is 1. The van der Waals surface area contributed by atoms with E-state index < -0.39 is 5.79 Å². The third kappa shape index (κ3) is 2.21. The summed E-state index contributed by atoms with van der Waals surface area (Å²) >= 11 is 0. The summed E-state index contributed by atoms with van der Waals surface area (Å²) in [4.78, 5) is 11.2. The van der Waals surface area contributed by atoms with E-state index in [1.165, 1.54) is 0 Å². The minimum Gasteiger partial charge on any atom is -0.458 e. The third-order valence-corrected chi connectivity index (χ3v) is 2.81. The predicted molar refractivity (Wildman–Crippen MR) is 53.1 cm³/mol. The summed E-state index contributed by atoms with van der Waals surface area (Å²) in [7, 11) is 0. The molecule has 0 spiro atoms. The lowest BCUT2D eigenvalue weighted by molar-refractivity contribution is -0.270. The van der Waals surface area contributed by atoms with Gasteiger partial charge < -0.3 is 14.2 Å². The maximum absolute atomic E-state index is 11.2. The summed E-state index contributed by atoms with van der Waals surface area (Å²) in [5.74, 6) is -0.679. The largest absolute Gasteiger partial charge is 0.458 e. The van der Waals surface area contributed by atoms with Crippen molar-refractivity contribution in [2.45, 2.75) is 32.2 Å². The molecule has 0 amide bonds. The Balaban J connectivity index is 1.92. The summed E-state index contributed by atoms with van der Waals surface area (Å²) in [5.41, 5.74) is 0.546. The second kappa shape index (κ2) is 3.61. The van der Waals surface area contributed by atoms with Gasteiger partial charge in [-0.1, -0.05) is 6.58 Å². The monoisotopic (exact) mass is 212 g/mol. The van der Waals surface area contributed by atoms with Crippen molar-refractivity contribution >= 4 is 5.97 Å². The molecule has 2 aliphatic heterocycles. The molecule has 0 saturated carbocycles. The zero-order valence-electron chi connectivity index (χ0n) is 9.12. The molecule has 0 aliphatic carbocycles. The predicted octanol–water partition coefficient (Wildman–Crippen LogP) is 1.26. The molecule has 2 saturated heterocycles. The molecule has 4 nitrogen and oxygen atoms in total. The molecule has 1 atom stereocenters. The standard InChI is InChI=1S/C11H16O4/c1-7-4-9(15-10(7)12)8-5-13-11(2,3)14-6-8/h8-9H,1,4-6H2,2-3H3/t9-/m1/s1. The highest BCUT2D eigenvalue weighted by molar-refractivity contribution is 5.89. The molecule has 0 aromatic rings. The van der Waals surface area contributed by atoms with Crippen molar-refractivity contribution < 1.29 is 19.0 Å². The molecule has 4 heteroatoms. The van der Waals surface area contributed by atoms with Crippen LogP contribution in [0.4, 0.5) is 0 Å². The zero-order valence-corrected chi connectivity index (χ0v) is 9.12. The highest BCUT2D eigenvalue weighted by atomic mass is 16.7. The van der Waals surface area contributed by atoms with Crippen LogP contribution in [-0.4, -0.2) is 31.1 Å². The molecule has 15 heavy (non-hydrogen) atoms. The molecular weight excluding hydrogens is 196 g/mol. The fourth-order valence-corrected chi connectivity index (χ4v) is 1.77. The highest BCUT2D eigenvalue weighted by Crippen LogP contribution is 2.30. The quantitative estimate of drug-likeness (QED) is 0.485. The van der Waals surface area contributed by atoms with E-state index >= 15 is 0 Å². The number of hydrogen-bond acceptors (Lipinski definition) is 4. The lowest BCUT2D eigenvalue weighted by Gasteiger charge is -2.36. The van der Waals surface area contributed by atoms with Crippen LogP contribution in [0.1, 0.15) is 20.3 Å². The number of hydrogen-bond donors (Lipinski definition) is 0. The minimum absolute atomic E-state index is 0.124. The number of cyclic esters (lactones) is 1. The first kappa shape index (κ1) is 10.6. The fourth-order valence-electron chi connectivity index (χ4n) is 1.77. The van der Waals surface area contributed by atoms with Crippen molar-refractivity contribution in [2.75, 3.05) is 13.2 Å². The van der Waals surface area contributed by atoms with Crippen molar-refractivity contribution in [3.05, 3.63) is 12.2 Å². The van der Waals surface area contributed by atoms with Gasteiger partial charge in [0.15, 0.2) is 5.79 Å². The second-order valence-corrected chi connectivity index (χ2v) is 4.53. The molecule has 2 aliphatic rings. The first-order valence-electron chi connectivity index (χ1n) is 5.14. The third-order valence-electron chi connectivity index (χ3n) is 2.81. The maximum atomic E-state index is 11.2. The van der Waals surface area contributed by atoms with Gasteiger partial charge in [0.25, 0.3) is 0 Å². The van der Waals surface area contributed by atoms with Crippen LogP contribution in [0.3, 0.4) is 0 Å². The van der Waals surface area contributed by atoms with Crippen molar-refractivity contribution in [3.8, 4) is 0 Å². The molecule has 2 rings (SSSR count). The average Bonchev–Trinajstić information content (AvgIpc) is 2.47. The van der Waals surface area contributed by atoms with E-state index in [0.717, 1.165) is 0 Å². The Bertz CT molecular complexity index is 269. The summed E-state index contributed by atoms with van der Waals surface area (Å²) in [6.07, 6.45) is 0.470. The van der Waals surface area contributed by atoms with Crippen molar-refractivity contribution in [2.24, 2.45) is 5.92 Å². The van der Waals surface area contributed by atoms with Crippen LogP contribution in [0, 0.1) is 5.92 Å². The minimum atomic E-state index is -0.518. The van der Waals surface area contributed by atoms with E-state index in [0.29, 0.717) is 25.2 Å². The SMILES string of the molecule is C=C1C[C@H](C2COC(C)(C)OC2)OC1=O. The van der Waals surface area contributed by atoms with Crippen LogP contribution in [0.2, 0.25) is 0 Å². The fraction of sp³-hybridized carbons (Fsp3) is 0.727. The van der Waals surface area contributed by atoms with E-state index in [1.807, 2.05) is 13.8 Å². The molecule has 0 bridgehead atoms. The van der Waals surface area contributed by atoms with Gasteiger partial charge in [-0.3, -0.25) is 0 Å². The van der Waals surface area contributed by atoms with Crippen LogP contribution in [0.25, 0.3) is 0 Å². The molecule has 0 radical (unpaired) electrons. The van der Waals surface area contributed by atoms with Gasteiger partial charge in [0.1, 0.15) is 6.10 Å². The lowest BCUT2D eigenvalue weighted by atomic mass is 9.99. The van der Waals surface area contributed by atoms with Crippen molar-refractivity contribution in [3.63, 3.8) is 0 Å². The Morgan fingerprint density at radius 1 is 1.33 bits per heavy atom. The van der Waals surface area contributed by atoms with Crippen LogP contribution in [0.5, 0.6) is 0 Å². The summed E-state index contributed by atoms with van der Waals surface area (Å²) in [6.45, 7) is 8.54. The average molecular weight is 212 g/mol. The van der Waals surface area contributed by atoms with Gasteiger partial charge in [-0.25, -0.2) is 4.79 Å². The Hall–Kier alpha value is -0.870. The Morgan fingerprint density at radius 3 is 2.40 bits per heavy atom. The van der Waals surface area contributed by atoms with Gasteiger partial charge in [0, 0.05) is 17.9 Å². The number of rotatable bonds is 1. The first-order chi connectivity index (χ1) is 6.98. The molecular formula is C11H16O4. The molecule has 0 N–H and O–H groups in total. The zero-order chi connectivity index (χ0) is 11.1. The molecule has 0 aromatic heterocycles. The molecule has 0 unspecified atom stereocenters.